The van der Waals surface area contributed by atoms with Crippen LogP contribution in [-0.4, -0.2) is 34.2 Å². The maximum atomic E-state index is 12.0. The van der Waals surface area contributed by atoms with Gasteiger partial charge in [0, 0.05) is 28.4 Å². The summed E-state index contributed by atoms with van der Waals surface area (Å²) in [6.45, 7) is 1.66. The van der Waals surface area contributed by atoms with Gasteiger partial charge in [0.25, 0.3) is 9.05 Å². The van der Waals surface area contributed by atoms with Crippen molar-refractivity contribution in [3.8, 4) is 0 Å². The molecule has 0 saturated carbocycles. The third kappa shape index (κ3) is 4.67. The standard InChI is InChI=1S/C13H14BrClO5S/c14-11-2-1-10(7-12(11)21(15,17)18)13(16)20-8-9-3-5-19-6-4-9/h1-2,7,9H,3-6,8H2. The lowest BCUT2D eigenvalue weighted by atomic mass is 10.0. The van der Waals surface area contributed by atoms with Crippen molar-refractivity contribution in [1.82, 2.24) is 0 Å². The third-order valence-electron chi connectivity index (χ3n) is 3.22. The molecule has 1 saturated heterocycles. The number of carbonyl (C=O) groups excluding carboxylic acids is 1. The largest absolute Gasteiger partial charge is 0.462 e. The minimum atomic E-state index is -3.92. The summed E-state index contributed by atoms with van der Waals surface area (Å²) in [7, 11) is 1.39. The Hall–Kier alpha value is -0.630. The summed E-state index contributed by atoms with van der Waals surface area (Å²) in [5.41, 5.74) is 0.157. The van der Waals surface area contributed by atoms with Crippen molar-refractivity contribution in [1.29, 1.82) is 0 Å². The molecule has 21 heavy (non-hydrogen) atoms. The second-order valence-corrected chi connectivity index (χ2v) is 8.13. The van der Waals surface area contributed by atoms with E-state index in [2.05, 4.69) is 15.9 Å². The molecule has 1 aliphatic rings. The minimum Gasteiger partial charge on any atom is -0.462 e. The van der Waals surface area contributed by atoms with Crippen LogP contribution in [0.3, 0.4) is 0 Å². The molecule has 0 amide bonds. The van der Waals surface area contributed by atoms with Gasteiger partial charge in [0.1, 0.15) is 0 Å². The van der Waals surface area contributed by atoms with Gasteiger partial charge in [-0.25, -0.2) is 13.2 Å². The Kier molecular flexibility index (Phi) is 5.65. The highest BCUT2D eigenvalue weighted by Crippen LogP contribution is 2.26. The van der Waals surface area contributed by atoms with Crippen LogP contribution in [-0.2, 0) is 18.5 Å². The van der Waals surface area contributed by atoms with Gasteiger partial charge < -0.3 is 9.47 Å². The highest BCUT2D eigenvalue weighted by molar-refractivity contribution is 9.10. The fourth-order valence-electron chi connectivity index (χ4n) is 2.01. The van der Waals surface area contributed by atoms with Gasteiger partial charge in [0.05, 0.1) is 17.1 Å². The van der Waals surface area contributed by atoms with Gasteiger partial charge in [-0.15, -0.1) is 0 Å². The first-order valence-electron chi connectivity index (χ1n) is 6.37. The van der Waals surface area contributed by atoms with Crippen molar-refractivity contribution in [2.75, 3.05) is 19.8 Å². The normalized spacial score (nSPS) is 16.7. The highest BCUT2D eigenvalue weighted by atomic mass is 79.9. The zero-order chi connectivity index (χ0) is 15.5. The van der Waals surface area contributed by atoms with E-state index in [9.17, 15) is 13.2 Å². The van der Waals surface area contributed by atoms with E-state index in [1.165, 1.54) is 18.2 Å². The lowest BCUT2D eigenvalue weighted by Crippen LogP contribution is -2.22. The number of carbonyl (C=O) groups is 1. The Balaban J connectivity index is 2.05. The Bertz CT molecular complexity index is 625. The molecule has 1 aromatic carbocycles. The lowest BCUT2D eigenvalue weighted by molar-refractivity contribution is 0.0185. The third-order valence-corrected chi connectivity index (χ3v) is 5.54. The average Bonchev–Trinajstić information content (AvgIpc) is 2.45. The van der Waals surface area contributed by atoms with Crippen LogP contribution in [0.4, 0.5) is 0 Å². The smallest absolute Gasteiger partial charge is 0.338 e. The van der Waals surface area contributed by atoms with E-state index < -0.39 is 15.0 Å². The summed E-state index contributed by atoms with van der Waals surface area (Å²) >= 11 is 3.09. The molecule has 0 atom stereocenters. The molecule has 0 bridgehead atoms. The van der Waals surface area contributed by atoms with Crippen LogP contribution in [0.1, 0.15) is 23.2 Å². The molecular formula is C13H14BrClO5S. The van der Waals surface area contributed by atoms with Crippen molar-refractivity contribution in [2.24, 2.45) is 5.92 Å². The summed E-state index contributed by atoms with van der Waals surface area (Å²) in [4.78, 5) is 11.8. The van der Waals surface area contributed by atoms with Gasteiger partial charge in [-0.1, -0.05) is 0 Å². The van der Waals surface area contributed by atoms with Crippen LogP contribution < -0.4 is 0 Å². The minimum absolute atomic E-state index is 0.148. The number of esters is 1. The SMILES string of the molecule is O=C(OCC1CCOCC1)c1ccc(Br)c(S(=O)(=O)Cl)c1. The summed E-state index contributed by atoms with van der Waals surface area (Å²) in [6, 6.07) is 4.15. The van der Waals surface area contributed by atoms with Crippen molar-refractivity contribution < 1.29 is 22.7 Å². The van der Waals surface area contributed by atoms with E-state index in [-0.39, 0.29) is 16.4 Å². The van der Waals surface area contributed by atoms with Gasteiger partial charge >= 0.3 is 5.97 Å². The van der Waals surface area contributed by atoms with Gasteiger partial charge in [0.2, 0.25) is 0 Å². The summed E-state index contributed by atoms with van der Waals surface area (Å²) in [5.74, 6) is -0.273. The summed E-state index contributed by atoms with van der Waals surface area (Å²) in [5, 5.41) is 0. The van der Waals surface area contributed by atoms with E-state index >= 15 is 0 Å². The van der Waals surface area contributed by atoms with Crippen LogP contribution >= 0.6 is 26.6 Å². The topological polar surface area (TPSA) is 69.7 Å². The number of benzene rings is 1. The molecule has 116 valence electrons. The van der Waals surface area contributed by atoms with Gasteiger partial charge in [0.15, 0.2) is 0 Å². The van der Waals surface area contributed by atoms with E-state index in [0.29, 0.717) is 24.3 Å². The molecule has 1 aromatic rings. The molecule has 0 radical (unpaired) electrons. The van der Waals surface area contributed by atoms with Gasteiger partial charge in [-0.3, -0.25) is 0 Å². The van der Waals surface area contributed by atoms with Crippen LogP contribution in [0.5, 0.6) is 0 Å². The maximum absolute atomic E-state index is 12.0. The Morgan fingerprint density at radius 1 is 1.38 bits per heavy atom. The molecule has 8 heteroatoms. The first kappa shape index (κ1) is 16.7. The number of ether oxygens (including phenoxy) is 2. The molecule has 1 heterocycles. The Labute approximate surface area is 136 Å². The van der Waals surface area contributed by atoms with Crippen molar-refractivity contribution in [2.45, 2.75) is 17.7 Å². The van der Waals surface area contributed by atoms with Crippen LogP contribution in [0, 0.1) is 5.92 Å². The molecule has 0 unspecified atom stereocenters. The number of halogens is 2. The molecule has 0 aromatic heterocycles. The van der Waals surface area contributed by atoms with E-state index in [0.717, 1.165) is 12.8 Å². The second kappa shape index (κ2) is 7.09. The first-order chi connectivity index (χ1) is 9.88. The number of hydrogen-bond donors (Lipinski definition) is 0. The zero-order valence-corrected chi connectivity index (χ0v) is 14.2. The van der Waals surface area contributed by atoms with Crippen LogP contribution in [0.15, 0.2) is 27.6 Å². The molecule has 2 rings (SSSR count). The zero-order valence-electron chi connectivity index (χ0n) is 11.1. The molecule has 5 nitrogen and oxygen atoms in total. The van der Waals surface area contributed by atoms with Crippen LogP contribution in [0.2, 0.25) is 0 Å². The Morgan fingerprint density at radius 3 is 2.67 bits per heavy atom. The van der Waals surface area contributed by atoms with E-state index in [4.69, 9.17) is 20.2 Å². The van der Waals surface area contributed by atoms with Crippen molar-refractivity contribution in [3.05, 3.63) is 28.2 Å². The first-order valence-corrected chi connectivity index (χ1v) is 9.47. The quantitative estimate of drug-likeness (QED) is 0.577. The van der Waals surface area contributed by atoms with Gasteiger partial charge in [-0.2, -0.15) is 0 Å². The molecule has 0 N–H and O–H groups in total. The lowest BCUT2D eigenvalue weighted by Gasteiger charge is -2.21. The Morgan fingerprint density at radius 2 is 2.05 bits per heavy atom. The van der Waals surface area contributed by atoms with Gasteiger partial charge in [-0.05, 0) is 52.9 Å². The van der Waals surface area contributed by atoms with E-state index in [1.54, 1.807) is 0 Å². The fourth-order valence-corrected chi connectivity index (χ4v) is 4.12. The van der Waals surface area contributed by atoms with Crippen LogP contribution in [0.25, 0.3) is 0 Å². The average molecular weight is 398 g/mol. The summed E-state index contributed by atoms with van der Waals surface area (Å²) < 4.78 is 33.6. The predicted molar refractivity (Wildman–Crippen MR) is 81.0 cm³/mol. The summed E-state index contributed by atoms with van der Waals surface area (Å²) in [6.07, 6.45) is 1.71. The maximum Gasteiger partial charge on any atom is 0.338 e. The molecule has 0 aliphatic carbocycles. The fraction of sp³-hybridized carbons (Fsp3) is 0.462. The van der Waals surface area contributed by atoms with E-state index in [1.807, 2.05) is 0 Å². The monoisotopic (exact) mass is 396 g/mol. The highest BCUT2D eigenvalue weighted by Gasteiger charge is 2.20. The molecular weight excluding hydrogens is 384 g/mol. The van der Waals surface area contributed by atoms with Crippen molar-refractivity contribution in [3.63, 3.8) is 0 Å². The number of rotatable bonds is 4. The second-order valence-electron chi connectivity index (χ2n) is 4.74. The molecule has 0 spiro atoms. The van der Waals surface area contributed by atoms with Crippen molar-refractivity contribution >= 4 is 41.6 Å². The predicted octanol–water partition coefficient (Wildman–Crippen LogP) is 2.96. The molecule has 1 fully saturated rings. The number of hydrogen-bond acceptors (Lipinski definition) is 5. The molecule has 1 aliphatic heterocycles.